The minimum absolute atomic E-state index is 0.762. The molecule has 1 unspecified atom stereocenters. The van der Waals surface area contributed by atoms with E-state index in [2.05, 4.69) is 24.1 Å². The van der Waals surface area contributed by atoms with Gasteiger partial charge in [0.25, 0.3) is 0 Å². The van der Waals surface area contributed by atoms with E-state index in [9.17, 15) is 0 Å². The lowest BCUT2D eigenvalue weighted by atomic mass is 9.68. The number of piperidine rings is 1. The SMILES string of the molecule is CCNCCCC(C)N1CCC2(CCCCC2)CC1. The third-order valence-electron chi connectivity index (χ3n) is 5.62. The fourth-order valence-electron chi connectivity index (χ4n) is 4.12. The van der Waals surface area contributed by atoms with Crippen LogP contribution in [0.15, 0.2) is 0 Å². The third kappa shape index (κ3) is 4.46. The van der Waals surface area contributed by atoms with Crippen molar-refractivity contribution in [3.05, 3.63) is 0 Å². The highest BCUT2D eigenvalue weighted by Crippen LogP contribution is 2.44. The maximum atomic E-state index is 3.43. The number of nitrogens with one attached hydrogen (secondary N) is 1. The Balaban J connectivity index is 1.67. The van der Waals surface area contributed by atoms with Crippen LogP contribution in [0.2, 0.25) is 0 Å². The number of hydrogen-bond acceptors (Lipinski definition) is 2. The first-order valence-electron chi connectivity index (χ1n) is 8.70. The summed E-state index contributed by atoms with van der Waals surface area (Å²) in [6.45, 7) is 9.66. The van der Waals surface area contributed by atoms with Crippen molar-refractivity contribution >= 4 is 0 Å². The quantitative estimate of drug-likeness (QED) is 0.735. The van der Waals surface area contributed by atoms with Gasteiger partial charge in [-0.3, -0.25) is 0 Å². The van der Waals surface area contributed by atoms with Gasteiger partial charge >= 0.3 is 0 Å². The molecule has 1 N–H and O–H groups in total. The molecule has 0 radical (unpaired) electrons. The number of likely N-dealkylation sites (tertiary alicyclic amines) is 1. The second-order valence-corrected chi connectivity index (χ2v) is 6.94. The predicted octanol–water partition coefficient (Wildman–Crippen LogP) is 3.81. The van der Waals surface area contributed by atoms with Crippen LogP contribution in [0, 0.1) is 5.41 Å². The smallest absolute Gasteiger partial charge is 0.00674 e. The van der Waals surface area contributed by atoms with Crippen molar-refractivity contribution in [1.29, 1.82) is 0 Å². The zero-order valence-electron chi connectivity index (χ0n) is 13.2. The molecule has 1 saturated carbocycles. The lowest BCUT2D eigenvalue weighted by Gasteiger charge is -2.46. The molecule has 0 bridgehead atoms. The van der Waals surface area contributed by atoms with Crippen molar-refractivity contribution in [3.63, 3.8) is 0 Å². The van der Waals surface area contributed by atoms with E-state index in [0.717, 1.165) is 18.0 Å². The molecule has 112 valence electrons. The van der Waals surface area contributed by atoms with Gasteiger partial charge in [0, 0.05) is 6.04 Å². The summed E-state index contributed by atoms with van der Waals surface area (Å²) in [5.41, 5.74) is 0.762. The first kappa shape index (κ1) is 15.3. The Morgan fingerprint density at radius 2 is 1.74 bits per heavy atom. The van der Waals surface area contributed by atoms with Crippen molar-refractivity contribution in [2.45, 2.75) is 77.7 Å². The molecule has 0 aromatic rings. The van der Waals surface area contributed by atoms with Gasteiger partial charge in [-0.1, -0.05) is 26.2 Å². The molecule has 2 aliphatic rings. The zero-order chi connectivity index (χ0) is 13.6. The molecule has 1 heterocycles. The largest absolute Gasteiger partial charge is 0.317 e. The summed E-state index contributed by atoms with van der Waals surface area (Å²) in [5, 5.41) is 3.43. The van der Waals surface area contributed by atoms with Crippen molar-refractivity contribution in [2.75, 3.05) is 26.2 Å². The maximum absolute atomic E-state index is 3.43. The van der Waals surface area contributed by atoms with Crippen molar-refractivity contribution in [3.8, 4) is 0 Å². The lowest BCUT2D eigenvalue weighted by molar-refractivity contribution is 0.0467. The topological polar surface area (TPSA) is 15.3 Å². The Morgan fingerprint density at radius 1 is 1.05 bits per heavy atom. The van der Waals surface area contributed by atoms with E-state index in [-0.39, 0.29) is 0 Å². The van der Waals surface area contributed by atoms with E-state index in [1.54, 1.807) is 0 Å². The summed E-state index contributed by atoms with van der Waals surface area (Å²) in [6.07, 6.45) is 13.2. The van der Waals surface area contributed by atoms with E-state index in [1.165, 1.54) is 77.4 Å². The molecule has 0 aromatic carbocycles. The van der Waals surface area contributed by atoms with Gasteiger partial charge in [0.05, 0.1) is 0 Å². The Labute approximate surface area is 120 Å². The summed E-state index contributed by atoms with van der Waals surface area (Å²) in [6, 6.07) is 0.791. The molecular weight excluding hydrogens is 232 g/mol. The highest BCUT2D eigenvalue weighted by Gasteiger charge is 2.36. The number of rotatable bonds is 6. The fraction of sp³-hybridized carbons (Fsp3) is 1.00. The summed E-state index contributed by atoms with van der Waals surface area (Å²) >= 11 is 0. The average molecular weight is 266 g/mol. The first-order chi connectivity index (χ1) is 9.26. The second-order valence-electron chi connectivity index (χ2n) is 6.94. The van der Waals surface area contributed by atoms with Crippen LogP contribution in [0.1, 0.15) is 71.6 Å². The van der Waals surface area contributed by atoms with Crippen molar-refractivity contribution < 1.29 is 0 Å². The van der Waals surface area contributed by atoms with Gasteiger partial charge in [-0.25, -0.2) is 0 Å². The standard InChI is InChI=1S/C17H34N2/c1-3-18-13-7-8-16(2)19-14-11-17(12-15-19)9-5-4-6-10-17/h16,18H,3-15H2,1-2H3. The van der Waals surface area contributed by atoms with Crippen molar-refractivity contribution in [1.82, 2.24) is 10.2 Å². The van der Waals surface area contributed by atoms with Crippen LogP contribution in [0.4, 0.5) is 0 Å². The van der Waals surface area contributed by atoms with Gasteiger partial charge in [0.1, 0.15) is 0 Å². The Kier molecular flexibility index (Phi) is 6.15. The summed E-state index contributed by atoms with van der Waals surface area (Å²) < 4.78 is 0. The van der Waals surface area contributed by atoms with Gasteiger partial charge in [0.15, 0.2) is 0 Å². The zero-order valence-corrected chi connectivity index (χ0v) is 13.2. The minimum atomic E-state index is 0.762. The molecule has 2 nitrogen and oxygen atoms in total. The highest BCUT2D eigenvalue weighted by atomic mass is 15.2. The van der Waals surface area contributed by atoms with Crippen LogP contribution in [0.5, 0.6) is 0 Å². The summed E-state index contributed by atoms with van der Waals surface area (Å²) in [4.78, 5) is 2.76. The van der Waals surface area contributed by atoms with E-state index < -0.39 is 0 Å². The van der Waals surface area contributed by atoms with Gasteiger partial charge < -0.3 is 10.2 Å². The second kappa shape index (κ2) is 7.64. The molecule has 1 spiro atoms. The van der Waals surface area contributed by atoms with Crippen LogP contribution < -0.4 is 5.32 Å². The maximum Gasteiger partial charge on any atom is 0.00674 e. The van der Waals surface area contributed by atoms with E-state index in [1.807, 2.05) is 0 Å². The van der Waals surface area contributed by atoms with Gasteiger partial charge in [-0.2, -0.15) is 0 Å². The molecule has 2 rings (SSSR count). The third-order valence-corrected chi connectivity index (χ3v) is 5.62. The Bertz CT molecular complexity index is 236. The van der Waals surface area contributed by atoms with E-state index >= 15 is 0 Å². The Hall–Kier alpha value is -0.0800. The monoisotopic (exact) mass is 266 g/mol. The van der Waals surface area contributed by atoms with Crippen LogP contribution in [-0.4, -0.2) is 37.1 Å². The van der Waals surface area contributed by atoms with Crippen LogP contribution in [0.3, 0.4) is 0 Å². The highest BCUT2D eigenvalue weighted by molar-refractivity contribution is 4.89. The molecule has 19 heavy (non-hydrogen) atoms. The first-order valence-corrected chi connectivity index (χ1v) is 8.70. The lowest BCUT2D eigenvalue weighted by Crippen LogP contribution is -2.45. The van der Waals surface area contributed by atoms with Gasteiger partial charge in [-0.05, 0) is 77.0 Å². The van der Waals surface area contributed by atoms with E-state index in [4.69, 9.17) is 0 Å². The molecule has 1 aliphatic carbocycles. The Morgan fingerprint density at radius 3 is 2.37 bits per heavy atom. The molecule has 0 aromatic heterocycles. The molecule has 2 heteroatoms. The average Bonchev–Trinajstić information content (AvgIpc) is 2.45. The number of hydrogen-bond donors (Lipinski definition) is 1. The molecule has 0 amide bonds. The molecule has 1 atom stereocenters. The summed E-state index contributed by atoms with van der Waals surface area (Å²) in [7, 11) is 0. The molecule has 1 saturated heterocycles. The van der Waals surface area contributed by atoms with E-state index in [0.29, 0.717) is 0 Å². The van der Waals surface area contributed by atoms with Crippen LogP contribution in [-0.2, 0) is 0 Å². The van der Waals surface area contributed by atoms with Crippen LogP contribution in [0.25, 0.3) is 0 Å². The van der Waals surface area contributed by atoms with Gasteiger partial charge in [-0.15, -0.1) is 0 Å². The summed E-state index contributed by atoms with van der Waals surface area (Å²) in [5.74, 6) is 0. The molecule has 1 aliphatic heterocycles. The van der Waals surface area contributed by atoms with Crippen LogP contribution >= 0.6 is 0 Å². The fourth-order valence-corrected chi connectivity index (χ4v) is 4.12. The normalized spacial score (nSPS) is 25.6. The predicted molar refractivity (Wildman–Crippen MR) is 83.6 cm³/mol. The van der Waals surface area contributed by atoms with Gasteiger partial charge in [0.2, 0.25) is 0 Å². The minimum Gasteiger partial charge on any atom is -0.317 e. The number of nitrogens with zero attached hydrogens (tertiary/aromatic N) is 1. The molecule has 2 fully saturated rings. The van der Waals surface area contributed by atoms with Crippen molar-refractivity contribution in [2.24, 2.45) is 5.41 Å². The molecular formula is C17H34N2.